The van der Waals surface area contributed by atoms with Crippen molar-refractivity contribution in [2.24, 2.45) is 0 Å². The van der Waals surface area contributed by atoms with E-state index in [0.717, 1.165) is 0 Å². The Bertz CT molecular complexity index is 370. The van der Waals surface area contributed by atoms with E-state index in [-0.39, 0.29) is 17.9 Å². The summed E-state index contributed by atoms with van der Waals surface area (Å²) in [6.07, 6.45) is 0.650. The lowest BCUT2D eigenvalue weighted by molar-refractivity contribution is 0.0562. The van der Waals surface area contributed by atoms with E-state index in [0.29, 0.717) is 18.7 Å². The van der Waals surface area contributed by atoms with E-state index in [1.165, 1.54) is 7.11 Å². The Kier molecular flexibility index (Phi) is 4.72. The second kappa shape index (κ2) is 5.84. The van der Waals surface area contributed by atoms with Gasteiger partial charge >= 0.3 is 5.97 Å². The molecule has 1 aromatic rings. The second-order valence-corrected chi connectivity index (χ2v) is 4.47. The predicted octanol–water partition coefficient (Wildman–Crippen LogP) is 1.32. The third kappa shape index (κ3) is 4.20. The molecule has 0 amide bonds. The van der Waals surface area contributed by atoms with Crippen LogP contribution in [0.3, 0.4) is 0 Å². The number of carbonyl (C=O) groups is 1. The zero-order valence-corrected chi connectivity index (χ0v) is 10.4. The molecular formula is C12H19NO4. The maximum absolute atomic E-state index is 11.2. The van der Waals surface area contributed by atoms with Crippen LogP contribution in [-0.4, -0.2) is 30.3 Å². The topological polar surface area (TPSA) is 71.7 Å². The standard InChI is InChI=1S/C12H19NO4/c1-12(2,6-7-14)13-8-9-4-5-10(17-9)11(15)16-3/h4-5,13-14H,6-8H2,1-3H3. The molecule has 0 aromatic carbocycles. The van der Waals surface area contributed by atoms with Gasteiger partial charge in [-0.1, -0.05) is 0 Å². The average Bonchev–Trinajstić information content (AvgIpc) is 2.74. The molecule has 96 valence electrons. The molecular weight excluding hydrogens is 222 g/mol. The molecule has 2 N–H and O–H groups in total. The van der Waals surface area contributed by atoms with Gasteiger partial charge < -0.3 is 19.6 Å². The number of carbonyl (C=O) groups excluding carboxylic acids is 1. The summed E-state index contributed by atoms with van der Waals surface area (Å²) in [7, 11) is 1.31. The number of furan rings is 1. The second-order valence-electron chi connectivity index (χ2n) is 4.47. The minimum atomic E-state index is -0.481. The van der Waals surface area contributed by atoms with Crippen LogP contribution in [0, 0.1) is 0 Å². The van der Waals surface area contributed by atoms with E-state index in [9.17, 15) is 4.79 Å². The lowest BCUT2D eigenvalue weighted by atomic mass is 10.0. The first-order valence-corrected chi connectivity index (χ1v) is 5.51. The van der Waals surface area contributed by atoms with Crippen molar-refractivity contribution in [2.45, 2.75) is 32.4 Å². The van der Waals surface area contributed by atoms with Crippen molar-refractivity contribution in [3.8, 4) is 0 Å². The molecule has 0 fully saturated rings. The summed E-state index contributed by atoms with van der Waals surface area (Å²) in [6, 6.07) is 3.32. The molecule has 0 aliphatic rings. The van der Waals surface area contributed by atoms with Gasteiger partial charge in [0.25, 0.3) is 0 Å². The van der Waals surface area contributed by atoms with Crippen LogP contribution < -0.4 is 5.32 Å². The van der Waals surface area contributed by atoms with Crippen LogP contribution in [0.15, 0.2) is 16.5 Å². The highest BCUT2D eigenvalue weighted by Crippen LogP contribution is 2.12. The number of hydrogen-bond donors (Lipinski definition) is 2. The molecule has 0 atom stereocenters. The summed E-state index contributed by atoms with van der Waals surface area (Å²) in [5, 5.41) is 12.1. The van der Waals surface area contributed by atoms with Gasteiger partial charge in [-0.15, -0.1) is 0 Å². The first-order valence-electron chi connectivity index (χ1n) is 5.51. The number of esters is 1. The molecule has 0 radical (unpaired) electrons. The Hall–Kier alpha value is -1.33. The number of aliphatic hydroxyl groups excluding tert-OH is 1. The van der Waals surface area contributed by atoms with Gasteiger partial charge in [0.05, 0.1) is 13.7 Å². The van der Waals surface area contributed by atoms with Gasteiger partial charge in [0.15, 0.2) is 0 Å². The molecule has 0 unspecified atom stereocenters. The van der Waals surface area contributed by atoms with Crippen molar-refractivity contribution in [3.63, 3.8) is 0 Å². The molecule has 0 bridgehead atoms. The molecule has 5 nitrogen and oxygen atoms in total. The van der Waals surface area contributed by atoms with Gasteiger partial charge in [-0.05, 0) is 32.4 Å². The molecule has 0 aliphatic heterocycles. The number of rotatable bonds is 6. The Labute approximate surface area is 101 Å². The zero-order chi connectivity index (χ0) is 12.9. The number of hydrogen-bond acceptors (Lipinski definition) is 5. The van der Waals surface area contributed by atoms with Crippen LogP contribution in [0.4, 0.5) is 0 Å². The van der Waals surface area contributed by atoms with Crippen LogP contribution in [-0.2, 0) is 11.3 Å². The van der Waals surface area contributed by atoms with E-state index < -0.39 is 5.97 Å². The van der Waals surface area contributed by atoms with E-state index in [4.69, 9.17) is 9.52 Å². The highest BCUT2D eigenvalue weighted by molar-refractivity contribution is 5.86. The number of nitrogens with one attached hydrogen (secondary N) is 1. The van der Waals surface area contributed by atoms with E-state index >= 15 is 0 Å². The molecule has 0 saturated carbocycles. The predicted molar refractivity (Wildman–Crippen MR) is 62.7 cm³/mol. The van der Waals surface area contributed by atoms with E-state index in [2.05, 4.69) is 10.1 Å². The fourth-order valence-electron chi connectivity index (χ4n) is 1.38. The summed E-state index contributed by atoms with van der Waals surface area (Å²) in [5.74, 6) is 0.381. The number of ether oxygens (including phenoxy) is 1. The summed E-state index contributed by atoms with van der Waals surface area (Å²) in [4.78, 5) is 11.2. The quantitative estimate of drug-likeness (QED) is 0.735. The van der Waals surface area contributed by atoms with Crippen molar-refractivity contribution in [1.29, 1.82) is 0 Å². The van der Waals surface area contributed by atoms with Gasteiger partial charge in [-0.25, -0.2) is 4.79 Å². The van der Waals surface area contributed by atoms with Crippen molar-refractivity contribution in [3.05, 3.63) is 23.7 Å². The number of methoxy groups -OCH3 is 1. The Morgan fingerprint density at radius 3 is 2.82 bits per heavy atom. The summed E-state index contributed by atoms with van der Waals surface area (Å²) >= 11 is 0. The van der Waals surface area contributed by atoms with Crippen LogP contribution in [0.25, 0.3) is 0 Å². The molecule has 1 rings (SSSR count). The third-order valence-corrected chi connectivity index (χ3v) is 2.53. The molecule has 5 heteroatoms. The first-order chi connectivity index (χ1) is 7.98. The Balaban J connectivity index is 2.53. The van der Waals surface area contributed by atoms with Crippen molar-refractivity contribution >= 4 is 5.97 Å². The molecule has 0 saturated heterocycles. The van der Waals surface area contributed by atoms with Crippen LogP contribution >= 0.6 is 0 Å². The van der Waals surface area contributed by atoms with Gasteiger partial charge in [-0.2, -0.15) is 0 Å². The summed E-state index contributed by atoms with van der Waals surface area (Å²) in [5.41, 5.74) is -0.174. The van der Waals surface area contributed by atoms with Crippen LogP contribution in [0.1, 0.15) is 36.6 Å². The largest absolute Gasteiger partial charge is 0.463 e. The minimum Gasteiger partial charge on any atom is -0.463 e. The lowest BCUT2D eigenvalue weighted by Gasteiger charge is -2.24. The van der Waals surface area contributed by atoms with Gasteiger partial charge in [0, 0.05) is 12.1 Å². The molecule has 1 aromatic heterocycles. The zero-order valence-electron chi connectivity index (χ0n) is 10.4. The van der Waals surface area contributed by atoms with Gasteiger partial charge in [0.1, 0.15) is 5.76 Å². The smallest absolute Gasteiger partial charge is 0.373 e. The number of aliphatic hydroxyl groups is 1. The SMILES string of the molecule is COC(=O)c1ccc(CNC(C)(C)CCO)o1. The van der Waals surface area contributed by atoms with Crippen LogP contribution in [0.5, 0.6) is 0 Å². The van der Waals surface area contributed by atoms with E-state index in [1.54, 1.807) is 12.1 Å². The summed E-state index contributed by atoms with van der Waals surface area (Å²) < 4.78 is 9.86. The third-order valence-electron chi connectivity index (χ3n) is 2.53. The fraction of sp³-hybridized carbons (Fsp3) is 0.583. The Morgan fingerprint density at radius 2 is 2.24 bits per heavy atom. The highest BCUT2D eigenvalue weighted by Gasteiger charge is 2.17. The van der Waals surface area contributed by atoms with Crippen molar-refractivity contribution in [1.82, 2.24) is 5.32 Å². The molecule has 0 aliphatic carbocycles. The minimum absolute atomic E-state index is 0.131. The maximum Gasteiger partial charge on any atom is 0.373 e. The van der Waals surface area contributed by atoms with Gasteiger partial charge in [0.2, 0.25) is 5.76 Å². The van der Waals surface area contributed by atoms with Gasteiger partial charge in [-0.3, -0.25) is 0 Å². The first kappa shape index (κ1) is 13.7. The lowest BCUT2D eigenvalue weighted by Crippen LogP contribution is -2.39. The van der Waals surface area contributed by atoms with Crippen LogP contribution in [0.2, 0.25) is 0 Å². The van der Waals surface area contributed by atoms with E-state index in [1.807, 2.05) is 13.8 Å². The highest BCUT2D eigenvalue weighted by atomic mass is 16.5. The average molecular weight is 241 g/mol. The van der Waals surface area contributed by atoms with Crippen molar-refractivity contribution < 1.29 is 19.1 Å². The van der Waals surface area contributed by atoms with Crippen molar-refractivity contribution in [2.75, 3.05) is 13.7 Å². The molecule has 1 heterocycles. The Morgan fingerprint density at radius 1 is 1.53 bits per heavy atom. The normalized spacial score (nSPS) is 11.5. The maximum atomic E-state index is 11.2. The summed E-state index contributed by atoms with van der Waals surface area (Å²) in [6.45, 7) is 4.62. The fourth-order valence-corrected chi connectivity index (χ4v) is 1.38. The molecule has 17 heavy (non-hydrogen) atoms. The molecule has 0 spiro atoms. The monoisotopic (exact) mass is 241 g/mol.